The number of imide groups is 1. The Kier molecular flexibility index (Phi) is 4.28. The summed E-state index contributed by atoms with van der Waals surface area (Å²) in [5.74, 6) is 0. The molecule has 5 heteroatoms. The second kappa shape index (κ2) is 6.52. The molecule has 23 heavy (non-hydrogen) atoms. The summed E-state index contributed by atoms with van der Waals surface area (Å²) in [6.45, 7) is 1.27. The lowest BCUT2D eigenvalue weighted by Crippen LogP contribution is -2.58. The summed E-state index contributed by atoms with van der Waals surface area (Å²) in [6.07, 6.45) is 0. The van der Waals surface area contributed by atoms with Crippen LogP contribution in [0.3, 0.4) is 0 Å². The molecule has 0 aromatic heterocycles. The second-order valence-corrected chi connectivity index (χ2v) is 5.63. The number of nitrogens with zero attached hydrogens (tertiary/aromatic N) is 3. The van der Waals surface area contributed by atoms with Gasteiger partial charge in [0.1, 0.15) is 0 Å². The third-order valence-electron chi connectivity index (χ3n) is 3.89. The molecule has 5 nitrogen and oxygen atoms in total. The third-order valence-corrected chi connectivity index (χ3v) is 3.89. The smallest absolute Gasteiger partial charge is 0.302 e. The summed E-state index contributed by atoms with van der Waals surface area (Å²) in [7, 11) is 1.53. The number of rotatable bonds is 4. The Morgan fingerprint density at radius 1 is 0.739 bits per heavy atom. The van der Waals surface area contributed by atoms with Crippen LogP contribution in [0.2, 0.25) is 0 Å². The molecular weight excluding hydrogens is 290 g/mol. The molecule has 1 saturated heterocycles. The summed E-state index contributed by atoms with van der Waals surface area (Å²) >= 11 is 0. The van der Waals surface area contributed by atoms with Gasteiger partial charge in [-0.3, -0.25) is 0 Å². The average molecular weight is 309 g/mol. The van der Waals surface area contributed by atoms with Gasteiger partial charge in [-0.05, 0) is 11.1 Å². The lowest BCUT2D eigenvalue weighted by atomic mass is 10.2. The Morgan fingerprint density at radius 2 is 1.13 bits per heavy atom. The molecule has 0 radical (unpaired) electrons. The zero-order valence-corrected chi connectivity index (χ0v) is 13.1. The second-order valence-electron chi connectivity index (χ2n) is 5.63. The van der Waals surface area contributed by atoms with Crippen LogP contribution >= 0.6 is 0 Å². The van der Waals surface area contributed by atoms with Crippen molar-refractivity contribution in [1.29, 1.82) is 0 Å². The summed E-state index contributed by atoms with van der Waals surface area (Å²) in [4.78, 5) is 29.2. The molecule has 0 aliphatic carbocycles. The molecule has 1 heterocycles. The van der Waals surface area contributed by atoms with E-state index in [0.717, 1.165) is 11.1 Å². The van der Waals surface area contributed by atoms with Crippen LogP contribution in [0.5, 0.6) is 0 Å². The normalized spacial score (nSPS) is 15.3. The van der Waals surface area contributed by atoms with Crippen molar-refractivity contribution in [2.75, 3.05) is 13.7 Å². The molecule has 0 saturated carbocycles. The zero-order chi connectivity index (χ0) is 16.2. The van der Waals surface area contributed by atoms with Gasteiger partial charge in [-0.15, -0.1) is 0 Å². The number of carbonyl (C=O) groups is 2. The topological polar surface area (TPSA) is 43.9 Å². The van der Waals surface area contributed by atoms with Gasteiger partial charge in [-0.1, -0.05) is 60.7 Å². The molecule has 3 rings (SSSR count). The molecular formula is C18H19N3O2. The van der Waals surface area contributed by atoms with E-state index in [1.54, 1.807) is 9.80 Å². The molecule has 1 aliphatic rings. The van der Waals surface area contributed by atoms with E-state index < -0.39 is 0 Å². The van der Waals surface area contributed by atoms with Gasteiger partial charge in [-0.2, -0.15) is 0 Å². The quantitative estimate of drug-likeness (QED) is 0.871. The van der Waals surface area contributed by atoms with Crippen molar-refractivity contribution in [1.82, 2.24) is 14.7 Å². The van der Waals surface area contributed by atoms with E-state index in [4.69, 9.17) is 0 Å². The maximum Gasteiger partial charge on any atom is 0.329 e. The minimum atomic E-state index is -0.261. The summed E-state index contributed by atoms with van der Waals surface area (Å²) in [5, 5.41) is 0. The highest BCUT2D eigenvalue weighted by Crippen LogP contribution is 2.17. The summed E-state index contributed by atoms with van der Waals surface area (Å²) in [5.41, 5.74) is 2.09. The van der Waals surface area contributed by atoms with Gasteiger partial charge >= 0.3 is 12.1 Å². The van der Waals surface area contributed by atoms with Crippen LogP contribution in [0.1, 0.15) is 11.1 Å². The van der Waals surface area contributed by atoms with Gasteiger partial charge < -0.3 is 9.80 Å². The van der Waals surface area contributed by atoms with Crippen LogP contribution in [0.25, 0.3) is 0 Å². The largest absolute Gasteiger partial charge is 0.329 e. The average Bonchev–Trinajstić information content (AvgIpc) is 2.59. The maximum absolute atomic E-state index is 12.3. The highest BCUT2D eigenvalue weighted by atomic mass is 16.2. The highest BCUT2D eigenvalue weighted by molar-refractivity contribution is 5.95. The summed E-state index contributed by atoms with van der Waals surface area (Å²) < 4.78 is 0. The monoisotopic (exact) mass is 309 g/mol. The molecule has 0 spiro atoms. The Morgan fingerprint density at radius 3 is 1.52 bits per heavy atom. The minimum absolute atomic E-state index is 0.261. The van der Waals surface area contributed by atoms with E-state index in [2.05, 4.69) is 0 Å². The fourth-order valence-electron chi connectivity index (χ4n) is 2.68. The summed E-state index contributed by atoms with van der Waals surface area (Å²) in [6, 6.07) is 19.1. The molecule has 0 bridgehead atoms. The Labute approximate surface area is 135 Å². The van der Waals surface area contributed by atoms with Crippen molar-refractivity contribution < 1.29 is 9.59 Å². The first-order chi connectivity index (χ1) is 11.1. The van der Waals surface area contributed by atoms with Crippen LogP contribution in [-0.4, -0.2) is 40.5 Å². The van der Waals surface area contributed by atoms with Gasteiger partial charge in [0.2, 0.25) is 0 Å². The number of carbonyl (C=O) groups excluding carboxylic acids is 2. The van der Waals surface area contributed by atoms with E-state index in [0.29, 0.717) is 19.8 Å². The van der Waals surface area contributed by atoms with Crippen LogP contribution in [0.4, 0.5) is 9.59 Å². The van der Waals surface area contributed by atoms with Crippen molar-refractivity contribution in [2.45, 2.75) is 13.1 Å². The third kappa shape index (κ3) is 3.34. The molecule has 4 amide bonds. The standard InChI is InChI=1S/C18H19N3O2/c1-19-17(22)20(12-15-8-4-2-5-9-15)14-21(18(19)23)13-16-10-6-3-7-11-16/h2-11H,12-14H2,1H3. The van der Waals surface area contributed by atoms with Gasteiger partial charge in [0.25, 0.3) is 0 Å². The van der Waals surface area contributed by atoms with E-state index >= 15 is 0 Å². The lowest BCUT2D eigenvalue weighted by molar-refractivity contribution is 0.0793. The first-order valence-corrected chi connectivity index (χ1v) is 7.54. The van der Waals surface area contributed by atoms with E-state index in [1.165, 1.54) is 11.9 Å². The predicted octanol–water partition coefficient (Wildman–Crippen LogP) is 3.13. The van der Waals surface area contributed by atoms with Crippen LogP contribution < -0.4 is 0 Å². The Hall–Kier alpha value is -2.82. The Bertz CT molecular complexity index is 628. The van der Waals surface area contributed by atoms with Crippen LogP contribution in [-0.2, 0) is 13.1 Å². The van der Waals surface area contributed by atoms with Crippen LogP contribution in [0, 0.1) is 0 Å². The molecule has 2 aromatic rings. The Balaban J connectivity index is 1.76. The molecule has 0 unspecified atom stereocenters. The number of benzene rings is 2. The van der Waals surface area contributed by atoms with E-state index in [9.17, 15) is 9.59 Å². The fourth-order valence-corrected chi connectivity index (χ4v) is 2.68. The predicted molar refractivity (Wildman–Crippen MR) is 87.4 cm³/mol. The van der Waals surface area contributed by atoms with Gasteiger partial charge in [0, 0.05) is 20.1 Å². The van der Waals surface area contributed by atoms with Crippen molar-refractivity contribution in [3.05, 3.63) is 71.8 Å². The number of amides is 4. The molecule has 1 fully saturated rings. The van der Waals surface area contributed by atoms with Gasteiger partial charge in [0.05, 0.1) is 6.67 Å². The van der Waals surface area contributed by atoms with Gasteiger partial charge in [0.15, 0.2) is 0 Å². The minimum Gasteiger partial charge on any atom is -0.302 e. The van der Waals surface area contributed by atoms with Crippen molar-refractivity contribution in [3.63, 3.8) is 0 Å². The zero-order valence-electron chi connectivity index (χ0n) is 13.1. The molecule has 0 atom stereocenters. The molecule has 118 valence electrons. The number of urea groups is 2. The molecule has 0 N–H and O–H groups in total. The first kappa shape index (κ1) is 15.1. The number of hydrogen-bond acceptors (Lipinski definition) is 2. The van der Waals surface area contributed by atoms with E-state index in [-0.39, 0.29) is 12.1 Å². The SMILES string of the molecule is CN1C(=O)N(Cc2ccccc2)CN(Cc2ccccc2)C1=O. The van der Waals surface area contributed by atoms with Crippen molar-refractivity contribution in [2.24, 2.45) is 0 Å². The maximum atomic E-state index is 12.3. The molecule has 2 aromatic carbocycles. The van der Waals surface area contributed by atoms with Crippen molar-refractivity contribution >= 4 is 12.1 Å². The number of hydrogen-bond donors (Lipinski definition) is 0. The fraction of sp³-hybridized carbons (Fsp3) is 0.222. The van der Waals surface area contributed by atoms with Gasteiger partial charge in [-0.25, -0.2) is 14.5 Å². The highest BCUT2D eigenvalue weighted by Gasteiger charge is 2.34. The van der Waals surface area contributed by atoms with Crippen molar-refractivity contribution in [3.8, 4) is 0 Å². The van der Waals surface area contributed by atoms with E-state index in [1.807, 2.05) is 60.7 Å². The van der Waals surface area contributed by atoms with Crippen LogP contribution in [0.15, 0.2) is 60.7 Å². The lowest BCUT2D eigenvalue weighted by Gasteiger charge is -2.39. The first-order valence-electron chi connectivity index (χ1n) is 7.54. The molecule has 1 aliphatic heterocycles.